The number of fused-ring (bicyclic) bond motifs is 2. The van der Waals surface area contributed by atoms with Crippen LogP contribution in [0.2, 0.25) is 0 Å². The lowest BCUT2D eigenvalue weighted by atomic mass is 10.1. The molecular formula is C24H26FN7O2. The molecule has 1 aliphatic rings. The Kier molecular flexibility index (Phi) is 5.32. The Labute approximate surface area is 195 Å². The third kappa shape index (κ3) is 3.69. The number of aromatic hydroxyl groups is 1. The molecule has 0 bridgehead atoms. The Morgan fingerprint density at radius 1 is 1.21 bits per heavy atom. The molecule has 3 heterocycles. The Morgan fingerprint density at radius 2 is 1.94 bits per heavy atom. The molecule has 1 fully saturated rings. The molecule has 3 N–H and O–H groups in total. The van der Waals surface area contributed by atoms with E-state index >= 15 is 0 Å². The molecule has 0 spiro atoms. The van der Waals surface area contributed by atoms with E-state index in [1.54, 1.807) is 19.3 Å². The molecule has 34 heavy (non-hydrogen) atoms. The minimum atomic E-state index is -0.851. The SMILES string of the molecule is CNC(=O)c1nc(-c2cc3cn(C)nc3c(F)c2O)nc2ccc(N3C[C@H](C)N[C@@H](C)C3)cc12. The van der Waals surface area contributed by atoms with Gasteiger partial charge in [-0.1, -0.05) is 0 Å². The number of carbonyl (C=O) groups excluding carboxylic acids is 1. The number of nitrogens with one attached hydrogen (secondary N) is 2. The monoisotopic (exact) mass is 463 g/mol. The highest BCUT2D eigenvalue weighted by molar-refractivity contribution is 6.05. The number of carbonyl (C=O) groups is 1. The maximum Gasteiger partial charge on any atom is 0.270 e. The zero-order chi connectivity index (χ0) is 24.1. The van der Waals surface area contributed by atoms with Gasteiger partial charge in [0.1, 0.15) is 11.2 Å². The zero-order valence-electron chi connectivity index (χ0n) is 19.4. The number of nitrogens with zero attached hydrogens (tertiary/aromatic N) is 5. The molecule has 5 rings (SSSR count). The van der Waals surface area contributed by atoms with Crippen molar-refractivity contribution in [3.8, 4) is 17.1 Å². The van der Waals surface area contributed by atoms with Gasteiger partial charge in [0.05, 0.1) is 11.1 Å². The van der Waals surface area contributed by atoms with Crippen LogP contribution in [0.3, 0.4) is 0 Å². The molecule has 2 atom stereocenters. The second kappa shape index (κ2) is 8.21. The number of amides is 1. The summed E-state index contributed by atoms with van der Waals surface area (Å²) in [5.41, 5.74) is 1.81. The first-order chi connectivity index (χ1) is 16.2. The van der Waals surface area contributed by atoms with Gasteiger partial charge < -0.3 is 20.6 Å². The Hall–Kier alpha value is -3.79. The van der Waals surface area contributed by atoms with Crippen LogP contribution < -0.4 is 15.5 Å². The average molecular weight is 464 g/mol. The lowest BCUT2D eigenvalue weighted by Gasteiger charge is -2.37. The van der Waals surface area contributed by atoms with Crippen LogP contribution in [-0.4, -0.2) is 63.0 Å². The fourth-order valence-electron chi connectivity index (χ4n) is 4.67. The van der Waals surface area contributed by atoms with Crippen LogP contribution in [0.1, 0.15) is 24.3 Å². The van der Waals surface area contributed by atoms with Gasteiger partial charge in [-0.2, -0.15) is 5.10 Å². The second-order valence-corrected chi connectivity index (χ2v) is 8.88. The van der Waals surface area contributed by atoms with Crippen LogP contribution in [0.4, 0.5) is 10.1 Å². The second-order valence-electron chi connectivity index (χ2n) is 8.88. The van der Waals surface area contributed by atoms with Crippen molar-refractivity contribution in [1.29, 1.82) is 0 Å². The van der Waals surface area contributed by atoms with Crippen molar-refractivity contribution >= 4 is 33.4 Å². The fraction of sp³-hybridized carbons (Fsp3) is 0.333. The molecule has 0 saturated carbocycles. The summed E-state index contributed by atoms with van der Waals surface area (Å²) in [6.45, 7) is 5.95. The molecule has 176 valence electrons. The fourth-order valence-corrected chi connectivity index (χ4v) is 4.67. The third-order valence-corrected chi connectivity index (χ3v) is 6.11. The lowest BCUT2D eigenvalue weighted by Crippen LogP contribution is -2.54. The molecule has 2 aromatic heterocycles. The molecule has 2 aromatic carbocycles. The number of benzene rings is 2. The summed E-state index contributed by atoms with van der Waals surface area (Å²) in [6.07, 6.45) is 1.64. The number of anilines is 1. The number of piperazine rings is 1. The largest absolute Gasteiger partial charge is 0.504 e. The summed E-state index contributed by atoms with van der Waals surface area (Å²) < 4.78 is 16.3. The maximum absolute atomic E-state index is 14.8. The predicted molar refractivity (Wildman–Crippen MR) is 129 cm³/mol. The molecule has 0 unspecified atom stereocenters. The summed E-state index contributed by atoms with van der Waals surface area (Å²) in [4.78, 5) is 24.1. The van der Waals surface area contributed by atoms with E-state index in [9.17, 15) is 14.3 Å². The quantitative estimate of drug-likeness (QED) is 0.429. The van der Waals surface area contributed by atoms with Crippen LogP contribution in [0.15, 0.2) is 30.5 Å². The molecule has 4 aromatic rings. The van der Waals surface area contributed by atoms with Gasteiger partial charge in [-0.25, -0.2) is 14.4 Å². The number of hydrogen-bond acceptors (Lipinski definition) is 7. The highest BCUT2D eigenvalue weighted by atomic mass is 19.1. The number of rotatable bonds is 3. The van der Waals surface area contributed by atoms with Crippen LogP contribution >= 0.6 is 0 Å². The number of halogens is 1. The first-order valence-corrected chi connectivity index (χ1v) is 11.1. The lowest BCUT2D eigenvalue weighted by molar-refractivity contribution is 0.0960. The van der Waals surface area contributed by atoms with Gasteiger partial charge in [0.25, 0.3) is 5.91 Å². The zero-order valence-corrected chi connectivity index (χ0v) is 19.4. The van der Waals surface area contributed by atoms with E-state index in [0.717, 1.165) is 18.8 Å². The van der Waals surface area contributed by atoms with Crippen LogP contribution in [0, 0.1) is 5.82 Å². The maximum atomic E-state index is 14.8. The summed E-state index contributed by atoms with van der Waals surface area (Å²) in [5, 5.41) is 21.8. The average Bonchev–Trinajstić information content (AvgIpc) is 3.19. The normalized spacial score (nSPS) is 18.6. The topological polar surface area (TPSA) is 108 Å². The third-order valence-electron chi connectivity index (χ3n) is 6.11. The van der Waals surface area contributed by atoms with Crippen LogP contribution in [0.5, 0.6) is 5.75 Å². The van der Waals surface area contributed by atoms with E-state index in [4.69, 9.17) is 0 Å². The molecule has 0 aliphatic carbocycles. The summed E-state index contributed by atoms with van der Waals surface area (Å²) in [7, 11) is 3.20. The highest BCUT2D eigenvalue weighted by Crippen LogP contribution is 2.36. The number of aryl methyl sites for hydroxylation is 1. The minimum absolute atomic E-state index is 0.0557. The van der Waals surface area contributed by atoms with Crippen molar-refractivity contribution in [2.24, 2.45) is 7.05 Å². The molecule has 1 aliphatic heterocycles. The summed E-state index contributed by atoms with van der Waals surface area (Å²) >= 11 is 0. The van der Waals surface area contributed by atoms with Gasteiger partial charge in [0, 0.05) is 61.9 Å². The van der Waals surface area contributed by atoms with Crippen LogP contribution in [-0.2, 0) is 7.05 Å². The van der Waals surface area contributed by atoms with E-state index in [1.807, 2.05) is 18.2 Å². The molecular weight excluding hydrogens is 437 g/mol. The Bertz CT molecular complexity index is 1420. The van der Waals surface area contributed by atoms with Crippen molar-refractivity contribution < 1.29 is 14.3 Å². The van der Waals surface area contributed by atoms with E-state index in [0.29, 0.717) is 28.4 Å². The van der Waals surface area contributed by atoms with Crippen LogP contribution in [0.25, 0.3) is 33.2 Å². The van der Waals surface area contributed by atoms with Gasteiger partial charge in [-0.05, 0) is 38.1 Å². The number of phenols is 1. The van der Waals surface area contributed by atoms with Crippen molar-refractivity contribution in [3.05, 3.63) is 42.0 Å². The smallest absolute Gasteiger partial charge is 0.270 e. The summed E-state index contributed by atoms with van der Waals surface area (Å²) in [6, 6.07) is 7.94. The van der Waals surface area contributed by atoms with E-state index < -0.39 is 17.5 Å². The van der Waals surface area contributed by atoms with Crippen molar-refractivity contribution in [1.82, 2.24) is 30.4 Å². The number of phenolic OH excluding ortho intramolecular Hbond substituents is 1. The van der Waals surface area contributed by atoms with Gasteiger partial charge in [-0.3, -0.25) is 9.48 Å². The molecule has 10 heteroatoms. The Morgan fingerprint density at radius 3 is 2.65 bits per heavy atom. The van der Waals surface area contributed by atoms with Gasteiger partial charge >= 0.3 is 0 Å². The molecule has 9 nitrogen and oxygen atoms in total. The van der Waals surface area contributed by atoms with E-state index in [2.05, 4.69) is 44.4 Å². The molecule has 1 amide bonds. The number of aromatic nitrogens is 4. The van der Waals surface area contributed by atoms with Crippen molar-refractivity contribution in [3.63, 3.8) is 0 Å². The van der Waals surface area contributed by atoms with Gasteiger partial charge in [0.15, 0.2) is 17.4 Å². The van der Waals surface area contributed by atoms with Gasteiger partial charge in [0.2, 0.25) is 0 Å². The predicted octanol–water partition coefficient (Wildman–Crippen LogP) is 2.57. The number of hydrogen-bond donors (Lipinski definition) is 3. The first kappa shape index (κ1) is 22.0. The van der Waals surface area contributed by atoms with E-state index in [1.165, 1.54) is 11.7 Å². The van der Waals surface area contributed by atoms with Gasteiger partial charge in [-0.15, -0.1) is 0 Å². The minimum Gasteiger partial charge on any atom is -0.504 e. The Balaban J connectivity index is 1.68. The van der Waals surface area contributed by atoms with E-state index in [-0.39, 0.29) is 22.6 Å². The highest BCUT2D eigenvalue weighted by Gasteiger charge is 2.24. The standard InChI is InChI=1S/C24H26FN7O2/c1-12-9-32(10-13(2)27-12)15-5-6-18-16(8-15)21(24(34)26-3)29-23(28-18)17-7-14-11-31(4)30-20(14)19(25)22(17)33/h5-8,11-13,27,33H,9-10H2,1-4H3,(H,26,34)/t12-,13-/m0/s1. The first-order valence-electron chi connectivity index (χ1n) is 11.1. The molecule has 1 saturated heterocycles. The van der Waals surface area contributed by atoms with Crippen molar-refractivity contribution in [2.75, 3.05) is 25.0 Å². The van der Waals surface area contributed by atoms with Crippen molar-refractivity contribution in [2.45, 2.75) is 25.9 Å². The molecule has 0 radical (unpaired) electrons. The summed E-state index contributed by atoms with van der Waals surface area (Å²) in [5.74, 6) is -1.79.